The second-order valence-corrected chi connectivity index (χ2v) is 5.40. The first-order valence-corrected chi connectivity index (χ1v) is 7.16. The normalized spacial score (nSPS) is 14.8. The average molecular weight is 295 g/mol. The third-order valence-corrected chi connectivity index (χ3v) is 3.57. The topological polar surface area (TPSA) is 53.2 Å². The number of carbonyl (C=O) groups excluding carboxylic acids is 1. The molecule has 1 aromatic rings. The molecule has 6 heteroatoms. The number of thiocarbonyl (C=S) groups is 1. The van der Waals surface area contributed by atoms with Crippen LogP contribution < -0.4 is 16.2 Å². The van der Waals surface area contributed by atoms with Crippen molar-refractivity contribution >= 4 is 28.9 Å². The van der Waals surface area contributed by atoms with Gasteiger partial charge in [-0.1, -0.05) is 12.8 Å². The van der Waals surface area contributed by atoms with E-state index < -0.39 is 0 Å². The van der Waals surface area contributed by atoms with E-state index in [1.807, 2.05) is 0 Å². The molecule has 0 saturated heterocycles. The summed E-state index contributed by atoms with van der Waals surface area (Å²) < 4.78 is 12.7. The number of amides is 1. The van der Waals surface area contributed by atoms with Gasteiger partial charge in [0.15, 0.2) is 5.11 Å². The molecule has 0 unspecified atom stereocenters. The number of hydrazine groups is 1. The number of rotatable bonds is 3. The van der Waals surface area contributed by atoms with Crippen molar-refractivity contribution in [2.24, 2.45) is 5.92 Å². The zero-order chi connectivity index (χ0) is 14.4. The smallest absolute Gasteiger partial charge is 0.238 e. The van der Waals surface area contributed by atoms with Crippen molar-refractivity contribution in [1.29, 1.82) is 0 Å². The molecule has 0 radical (unpaired) electrons. The number of anilines is 1. The van der Waals surface area contributed by atoms with E-state index >= 15 is 0 Å². The largest absolute Gasteiger partial charge is 0.331 e. The Morgan fingerprint density at radius 3 is 2.50 bits per heavy atom. The van der Waals surface area contributed by atoms with Gasteiger partial charge in [0, 0.05) is 12.1 Å². The molecular weight excluding hydrogens is 277 g/mol. The van der Waals surface area contributed by atoms with Gasteiger partial charge in [-0.15, -0.1) is 0 Å². The van der Waals surface area contributed by atoms with Crippen molar-refractivity contribution in [2.45, 2.75) is 32.1 Å². The van der Waals surface area contributed by atoms with E-state index in [0.29, 0.717) is 18.0 Å². The number of nitrogens with one attached hydrogen (secondary N) is 3. The number of benzene rings is 1. The monoisotopic (exact) mass is 295 g/mol. The predicted octanol–water partition coefficient (Wildman–Crippen LogP) is 2.72. The minimum absolute atomic E-state index is 0.0554. The Balaban J connectivity index is 1.69. The molecule has 1 fully saturated rings. The molecule has 1 aliphatic rings. The fourth-order valence-electron chi connectivity index (χ4n) is 2.35. The average Bonchev–Trinajstić information content (AvgIpc) is 2.92. The molecule has 1 aromatic carbocycles. The number of halogens is 1. The first-order valence-electron chi connectivity index (χ1n) is 6.75. The fourth-order valence-corrected chi connectivity index (χ4v) is 2.52. The molecule has 0 aromatic heterocycles. The first kappa shape index (κ1) is 14.7. The van der Waals surface area contributed by atoms with Gasteiger partial charge >= 0.3 is 0 Å². The van der Waals surface area contributed by atoms with Crippen LogP contribution >= 0.6 is 12.2 Å². The molecule has 108 valence electrons. The fraction of sp³-hybridized carbons (Fsp3) is 0.429. The minimum atomic E-state index is -0.306. The Morgan fingerprint density at radius 2 is 1.85 bits per heavy atom. The highest BCUT2D eigenvalue weighted by Crippen LogP contribution is 2.27. The summed E-state index contributed by atoms with van der Waals surface area (Å²) in [7, 11) is 0. The van der Waals surface area contributed by atoms with E-state index in [9.17, 15) is 9.18 Å². The number of hydrogen-bond acceptors (Lipinski definition) is 2. The summed E-state index contributed by atoms with van der Waals surface area (Å²) in [5.41, 5.74) is 5.88. The molecule has 0 spiro atoms. The summed E-state index contributed by atoms with van der Waals surface area (Å²) in [6.07, 6.45) is 5.23. The van der Waals surface area contributed by atoms with Crippen molar-refractivity contribution in [3.05, 3.63) is 30.1 Å². The predicted molar refractivity (Wildman–Crippen MR) is 80.5 cm³/mol. The second kappa shape index (κ2) is 7.19. The van der Waals surface area contributed by atoms with Crippen molar-refractivity contribution in [3.8, 4) is 0 Å². The Bertz CT molecular complexity index is 472. The molecule has 1 aliphatic carbocycles. The van der Waals surface area contributed by atoms with Gasteiger partial charge in [-0.2, -0.15) is 0 Å². The van der Waals surface area contributed by atoms with E-state index in [1.165, 1.54) is 25.0 Å². The lowest BCUT2D eigenvalue weighted by Crippen LogP contribution is -2.44. The molecule has 20 heavy (non-hydrogen) atoms. The van der Waals surface area contributed by atoms with Gasteiger partial charge in [0.25, 0.3) is 0 Å². The van der Waals surface area contributed by atoms with Crippen LogP contribution in [0, 0.1) is 11.7 Å². The van der Waals surface area contributed by atoms with E-state index in [1.54, 1.807) is 12.1 Å². The highest BCUT2D eigenvalue weighted by molar-refractivity contribution is 7.80. The third-order valence-electron chi connectivity index (χ3n) is 3.37. The van der Waals surface area contributed by atoms with Crippen LogP contribution in [0.25, 0.3) is 0 Å². The van der Waals surface area contributed by atoms with Crippen LogP contribution in [0.5, 0.6) is 0 Å². The maximum atomic E-state index is 12.7. The van der Waals surface area contributed by atoms with Crippen molar-refractivity contribution in [2.75, 3.05) is 5.32 Å². The zero-order valence-corrected chi connectivity index (χ0v) is 11.9. The van der Waals surface area contributed by atoms with Gasteiger partial charge in [-0.3, -0.25) is 15.6 Å². The highest BCUT2D eigenvalue weighted by atomic mass is 32.1. The summed E-state index contributed by atoms with van der Waals surface area (Å²) in [5, 5.41) is 3.13. The van der Waals surface area contributed by atoms with Crippen molar-refractivity contribution in [1.82, 2.24) is 10.9 Å². The van der Waals surface area contributed by atoms with Crippen molar-refractivity contribution in [3.63, 3.8) is 0 Å². The number of carbonyl (C=O) groups is 1. The van der Waals surface area contributed by atoms with Gasteiger partial charge in [-0.25, -0.2) is 4.39 Å². The van der Waals surface area contributed by atoms with Crippen LogP contribution in [0.15, 0.2) is 24.3 Å². The number of hydrogen-bond donors (Lipinski definition) is 3. The van der Waals surface area contributed by atoms with Crippen molar-refractivity contribution < 1.29 is 9.18 Å². The quantitative estimate of drug-likeness (QED) is 0.593. The first-order chi connectivity index (χ1) is 9.63. The molecule has 0 bridgehead atoms. The Kier molecular flexibility index (Phi) is 5.29. The Hall–Kier alpha value is -1.69. The van der Waals surface area contributed by atoms with E-state index in [2.05, 4.69) is 16.2 Å². The molecule has 0 aliphatic heterocycles. The summed E-state index contributed by atoms with van der Waals surface area (Å²) in [6.45, 7) is 0. The summed E-state index contributed by atoms with van der Waals surface area (Å²) in [6, 6.07) is 5.82. The molecule has 2 rings (SSSR count). The molecule has 0 heterocycles. The van der Waals surface area contributed by atoms with Crippen LogP contribution in [0.4, 0.5) is 10.1 Å². The summed E-state index contributed by atoms with van der Waals surface area (Å²) >= 11 is 5.04. The third kappa shape index (κ3) is 4.77. The van der Waals surface area contributed by atoms with Crippen LogP contribution in [0.1, 0.15) is 32.1 Å². The van der Waals surface area contributed by atoms with Crippen LogP contribution in [0.2, 0.25) is 0 Å². The minimum Gasteiger partial charge on any atom is -0.331 e. The molecule has 4 nitrogen and oxygen atoms in total. The van der Waals surface area contributed by atoms with Gasteiger partial charge in [0.2, 0.25) is 5.91 Å². The lowest BCUT2D eigenvalue weighted by molar-refractivity contribution is -0.122. The van der Waals surface area contributed by atoms with E-state index in [-0.39, 0.29) is 16.8 Å². The SMILES string of the molecule is O=C(CC1CCCC1)NNC(=S)Nc1ccc(F)cc1. The summed E-state index contributed by atoms with van der Waals surface area (Å²) in [5.74, 6) is 0.134. The van der Waals surface area contributed by atoms with E-state index in [0.717, 1.165) is 12.8 Å². The second-order valence-electron chi connectivity index (χ2n) is 4.99. The van der Waals surface area contributed by atoms with E-state index in [4.69, 9.17) is 12.2 Å². The standard InChI is InChI=1S/C14H18FN3OS/c15-11-5-7-12(8-6-11)16-14(20)18-17-13(19)9-10-3-1-2-4-10/h5-8,10H,1-4,9H2,(H,17,19)(H2,16,18,20). The maximum absolute atomic E-state index is 12.7. The molecule has 1 saturated carbocycles. The van der Waals surface area contributed by atoms with Gasteiger partial charge in [-0.05, 0) is 55.2 Å². The van der Waals surface area contributed by atoms with Gasteiger partial charge < -0.3 is 5.32 Å². The summed E-state index contributed by atoms with van der Waals surface area (Å²) in [4.78, 5) is 11.7. The highest BCUT2D eigenvalue weighted by Gasteiger charge is 2.18. The van der Waals surface area contributed by atoms with Gasteiger partial charge in [0.05, 0.1) is 0 Å². The van der Waals surface area contributed by atoms with Gasteiger partial charge in [0.1, 0.15) is 5.82 Å². The molecule has 1 amide bonds. The van der Waals surface area contributed by atoms with Crippen LogP contribution in [-0.4, -0.2) is 11.0 Å². The van der Waals surface area contributed by atoms with Crippen LogP contribution in [-0.2, 0) is 4.79 Å². The molecular formula is C14H18FN3OS. The zero-order valence-electron chi connectivity index (χ0n) is 11.1. The lowest BCUT2D eigenvalue weighted by Gasteiger charge is -2.13. The molecule has 3 N–H and O–H groups in total. The Morgan fingerprint density at radius 1 is 1.20 bits per heavy atom. The molecule has 0 atom stereocenters. The lowest BCUT2D eigenvalue weighted by atomic mass is 10.0. The Labute approximate surface area is 123 Å². The maximum Gasteiger partial charge on any atom is 0.238 e. The van der Waals surface area contributed by atoms with Crippen LogP contribution in [0.3, 0.4) is 0 Å².